The highest BCUT2D eigenvalue weighted by molar-refractivity contribution is 7.80. The minimum atomic E-state index is 0. The van der Waals surface area contributed by atoms with Crippen LogP contribution in [-0.4, -0.2) is 59.3 Å². The lowest BCUT2D eigenvalue weighted by atomic mass is 10.0. The predicted molar refractivity (Wildman–Crippen MR) is 135 cm³/mol. The van der Waals surface area contributed by atoms with Crippen molar-refractivity contribution in [3.63, 3.8) is 0 Å². The molecule has 31 heavy (non-hydrogen) atoms. The van der Waals surface area contributed by atoms with Gasteiger partial charge in [0.2, 0.25) is 0 Å². The van der Waals surface area contributed by atoms with Crippen LogP contribution in [0.5, 0.6) is 5.75 Å². The lowest BCUT2D eigenvalue weighted by Crippen LogP contribution is -2.46. The molecule has 0 amide bonds. The largest absolute Gasteiger partial charge is 0.508 e. The van der Waals surface area contributed by atoms with Crippen LogP contribution in [0.4, 0.5) is 0 Å². The molecule has 2 aromatic carbocycles. The lowest BCUT2D eigenvalue weighted by molar-refractivity contribution is 0.108. The number of phenolic OH excluding ortho intramolecular Hbond substituents is 1. The fraction of sp³-hybridized carbons (Fsp3) is 0.348. The van der Waals surface area contributed by atoms with Crippen molar-refractivity contribution < 1.29 is 10.2 Å². The highest BCUT2D eigenvalue weighted by Crippen LogP contribution is 2.38. The van der Waals surface area contributed by atoms with Gasteiger partial charge < -0.3 is 10.2 Å². The number of piperazine rings is 1. The number of benzene rings is 2. The van der Waals surface area contributed by atoms with E-state index in [1.165, 1.54) is 16.0 Å². The summed E-state index contributed by atoms with van der Waals surface area (Å²) >= 11 is 5.64. The molecule has 4 rings (SSSR count). The fourth-order valence-corrected chi connectivity index (χ4v) is 6.77. The SMILES string of the molecule is Cl.OCCN1CCN(Cc2cc(-c3ssc(=S)c3Cc3ccccc3)ccc2O)CC1. The minimum absolute atomic E-state index is 0. The Kier molecular flexibility index (Phi) is 9.04. The van der Waals surface area contributed by atoms with Crippen LogP contribution in [0.15, 0.2) is 48.5 Å². The second-order valence-corrected chi connectivity index (χ2v) is 10.4. The topological polar surface area (TPSA) is 46.9 Å². The third-order valence-corrected chi connectivity index (χ3v) is 8.75. The molecular weight excluding hydrogens is 468 g/mol. The van der Waals surface area contributed by atoms with Crippen molar-refractivity contribution in [3.05, 3.63) is 69.0 Å². The van der Waals surface area contributed by atoms with Crippen molar-refractivity contribution in [2.75, 3.05) is 39.3 Å². The van der Waals surface area contributed by atoms with Crippen LogP contribution >= 0.6 is 45.3 Å². The van der Waals surface area contributed by atoms with Gasteiger partial charge in [-0.2, -0.15) is 0 Å². The summed E-state index contributed by atoms with van der Waals surface area (Å²) in [6.07, 6.45) is 0.831. The molecule has 1 aromatic heterocycles. The number of aliphatic hydroxyl groups excluding tert-OH is 1. The third-order valence-electron chi connectivity index (χ3n) is 5.56. The second-order valence-electron chi connectivity index (χ2n) is 7.61. The van der Waals surface area contributed by atoms with Gasteiger partial charge in [-0.3, -0.25) is 9.80 Å². The van der Waals surface area contributed by atoms with Crippen LogP contribution < -0.4 is 0 Å². The van der Waals surface area contributed by atoms with E-state index in [9.17, 15) is 5.11 Å². The maximum atomic E-state index is 10.5. The number of hydrogen-bond acceptors (Lipinski definition) is 7. The summed E-state index contributed by atoms with van der Waals surface area (Å²) in [6.45, 7) is 5.47. The number of halogens is 1. The third kappa shape index (κ3) is 6.14. The van der Waals surface area contributed by atoms with E-state index in [2.05, 4.69) is 40.1 Å². The first-order valence-electron chi connectivity index (χ1n) is 10.2. The number of phenols is 1. The van der Waals surface area contributed by atoms with E-state index in [1.807, 2.05) is 18.2 Å². The molecule has 0 atom stereocenters. The number of aliphatic hydroxyl groups is 1. The average Bonchev–Trinajstić information content (AvgIpc) is 3.12. The van der Waals surface area contributed by atoms with Crippen LogP contribution in [0, 0.1) is 3.82 Å². The Hall–Kier alpha value is -1.32. The van der Waals surface area contributed by atoms with Gasteiger partial charge in [0, 0.05) is 56.8 Å². The van der Waals surface area contributed by atoms with Crippen LogP contribution in [0.3, 0.4) is 0 Å². The molecule has 3 aromatic rings. The zero-order chi connectivity index (χ0) is 20.9. The van der Waals surface area contributed by atoms with Crippen LogP contribution in [0.1, 0.15) is 16.7 Å². The van der Waals surface area contributed by atoms with Gasteiger partial charge in [0.25, 0.3) is 0 Å². The molecule has 2 heterocycles. The number of β-amino-alcohol motifs (C(OH)–C–C–N with tert-alkyl or cyclic N) is 1. The summed E-state index contributed by atoms with van der Waals surface area (Å²) in [5, 5.41) is 19.6. The van der Waals surface area contributed by atoms with E-state index in [4.69, 9.17) is 17.3 Å². The molecule has 0 aliphatic carbocycles. The molecule has 4 nitrogen and oxygen atoms in total. The maximum Gasteiger partial charge on any atom is 0.120 e. The van der Waals surface area contributed by atoms with Gasteiger partial charge in [-0.1, -0.05) is 63.2 Å². The lowest BCUT2D eigenvalue weighted by Gasteiger charge is -2.34. The van der Waals surface area contributed by atoms with Gasteiger partial charge >= 0.3 is 0 Å². The second kappa shape index (κ2) is 11.5. The summed E-state index contributed by atoms with van der Waals surface area (Å²) in [5.41, 5.74) is 4.55. The summed E-state index contributed by atoms with van der Waals surface area (Å²) in [7, 11) is 3.38. The van der Waals surface area contributed by atoms with Crippen molar-refractivity contribution >= 4 is 45.3 Å². The molecule has 0 saturated carbocycles. The Morgan fingerprint density at radius 3 is 2.35 bits per heavy atom. The number of nitrogens with zero attached hydrogens (tertiary/aromatic N) is 2. The Labute approximate surface area is 202 Å². The van der Waals surface area contributed by atoms with Gasteiger partial charge in [-0.25, -0.2) is 0 Å². The molecule has 1 aliphatic heterocycles. The zero-order valence-electron chi connectivity index (χ0n) is 17.2. The van der Waals surface area contributed by atoms with Crippen LogP contribution in [-0.2, 0) is 13.0 Å². The smallest absolute Gasteiger partial charge is 0.120 e. The highest BCUT2D eigenvalue weighted by Gasteiger charge is 2.19. The Balaban J connectivity index is 0.00000272. The van der Waals surface area contributed by atoms with Crippen molar-refractivity contribution in [1.29, 1.82) is 0 Å². The molecule has 2 N–H and O–H groups in total. The molecule has 1 fully saturated rings. The molecule has 0 unspecified atom stereocenters. The first-order chi connectivity index (χ1) is 14.6. The van der Waals surface area contributed by atoms with Gasteiger partial charge in [-0.05, 0) is 29.3 Å². The van der Waals surface area contributed by atoms with E-state index in [1.54, 1.807) is 20.7 Å². The molecule has 1 aliphatic rings. The summed E-state index contributed by atoms with van der Waals surface area (Å²) < 4.78 is 0.952. The fourth-order valence-electron chi connectivity index (χ4n) is 3.85. The molecule has 0 bridgehead atoms. The molecule has 0 radical (unpaired) electrons. The van der Waals surface area contributed by atoms with Crippen LogP contribution in [0.25, 0.3) is 10.4 Å². The Bertz CT molecular complexity index is 1030. The normalized spacial score (nSPS) is 15.0. The van der Waals surface area contributed by atoms with Gasteiger partial charge in [-0.15, -0.1) is 12.4 Å². The van der Waals surface area contributed by atoms with Gasteiger partial charge in [0.1, 0.15) is 9.57 Å². The monoisotopic (exact) mass is 494 g/mol. The van der Waals surface area contributed by atoms with E-state index in [0.717, 1.165) is 60.6 Å². The minimum Gasteiger partial charge on any atom is -0.508 e. The van der Waals surface area contributed by atoms with E-state index < -0.39 is 0 Å². The quantitative estimate of drug-likeness (QED) is 0.356. The van der Waals surface area contributed by atoms with E-state index in [0.29, 0.717) is 5.75 Å². The van der Waals surface area contributed by atoms with Crippen molar-refractivity contribution in [2.24, 2.45) is 0 Å². The van der Waals surface area contributed by atoms with E-state index >= 15 is 0 Å². The number of hydrogen-bond donors (Lipinski definition) is 2. The zero-order valence-corrected chi connectivity index (χ0v) is 20.5. The maximum absolute atomic E-state index is 10.5. The Morgan fingerprint density at radius 1 is 0.935 bits per heavy atom. The standard InChI is InChI=1S/C23H26N2O2S3.ClH/c26-13-12-24-8-10-25(11-9-24)16-19-15-18(6-7-21(19)27)22-20(23(28)30-29-22)14-17-4-2-1-3-5-17;/h1-7,15,26-27H,8-14,16H2;1H. The van der Waals surface area contributed by atoms with E-state index in [-0.39, 0.29) is 19.0 Å². The number of aromatic hydroxyl groups is 1. The summed E-state index contributed by atoms with van der Waals surface area (Å²) in [4.78, 5) is 5.86. The van der Waals surface area contributed by atoms with Crippen molar-refractivity contribution in [3.8, 4) is 16.2 Å². The number of rotatable bonds is 7. The molecular formula is C23H27ClN2O2S3. The molecule has 0 spiro atoms. The Morgan fingerprint density at radius 2 is 1.65 bits per heavy atom. The van der Waals surface area contributed by atoms with Crippen LogP contribution in [0.2, 0.25) is 0 Å². The predicted octanol–water partition coefficient (Wildman–Crippen LogP) is 5.03. The average molecular weight is 495 g/mol. The van der Waals surface area contributed by atoms with Crippen molar-refractivity contribution in [1.82, 2.24) is 9.80 Å². The first kappa shape index (κ1) is 24.3. The summed E-state index contributed by atoms with van der Waals surface area (Å²) in [6, 6.07) is 16.4. The van der Waals surface area contributed by atoms with Gasteiger partial charge in [0.15, 0.2) is 0 Å². The molecule has 8 heteroatoms. The van der Waals surface area contributed by atoms with Crippen molar-refractivity contribution in [2.45, 2.75) is 13.0 Å². The first-order valence-corrected chi connectivity index (χ1v) is 12.7. The highest BCUT2D eigenvalue weighted by atomic mass is 35.5. The van der Waals surface area contributed by atoms with Gasteiger partial charge in [0.05, 0.1) is 11.5 Å². The summed E-state index contributed by atoms with van der Waals surface area (Å²) in [5.74, 6) is 0.347. The molecule has 1 saturated heterocycles. The molecule has 166 valence electrons.